The Bertz CT molecular complexity index is 320. The third-order valence-corrected chi connectivity index (χ3v) is 2.18. The number of aliphatic hydroxyl groups is 1. The molecular formula is C10H17F3N2O4. The lowest BCUT2D eigenvalue weighted by atomic mass is 10.3. The summed E-state index contributed by atoms with van der Waals surface area (Å²) in [6.07, 6.45) is -5.18. The quantitative estimate of drug-likeness (QED) is 0.755. The van der Waals surface area contributed by atoms with Gasteiger partial charge in [-0.1, -0.05) is 0 Å². The van der Waals surface area contributed by atoms with E-state index in [-0.39, 0.29) is 17.9 Å². The molecule has 0 aliphatic carbocycles. The summed E-state index contributed by atoms with van der Waals surface area (Å²) in [5.74, 6) is -1.53. The average Bonchev–Trinajstić information content (AvgIpc) is 2.21. The van der Waals surface area contributed by atoms with E-state index in [1.54, 1.807) is 0 Å². The van der Waals surface area contributed by atoms with Crippen LogP contribution < -0.4 is 0 Å². The number of carbonyl (C=O) groups is 2. The van der Waals surface area contributed by atoms with E-state index in [1.165, 1.54) is 14.0 Å². The molecular weight excluding hydrogens is 269 g/mol. The second-order valence-corrected chi connectivity index (χ2v) is 4.21. The fourth-order valence-electron chi connectivity index (χ4n) is 1.29. The second kappa shape index (κ2) is 7.17. The SMILES string of the molecule is CC(O)CCN(C)C(=O)N(CC(=O)O)CC(F)(F)F. The smallest absolute Gasteiger partial charge is 0.406 e. The van der Waals surface area contributed by atoms with Gasteiger partial charge >= 0.3 is 18.2 Å². The van der Waals surface area contributed by atoms with Crippen LogP contribution in [0.15, 0.2) is 0 Å². The van der Waals surface area contributed by atoms with E-state index >= 15 is 0 Å². The van der Waals surface area contributed by atoms with Crippen molar-refractivity contribution in [3.05, 3.63) is 0 Å². The summed E-state index contributed by atoms with van der Waals surface area (Å²) in [6.45, 7) is -1.15. The van der Waals surface area contributed by atoms with Crippen molar-refractivity contribution in [2.45, 2.75) is 25.6 Å². The largest absolute Gasteiger partial charge is 0.480 e. The molecule has 2 N–H and O–H groups in total. The number of alkyl halides is 3. The molecule has 0 saturated carbocycles. The zero-order valence-electron chi connectivity index (χ0n) is 10.6. The molecule has 0 aromatic rings. The normalized spacial score (nSPS) is 12.9. The molecule has 6 nitrogen and oxygen atoms in total. The van der Waals surface area contributed by atoms with Gasteiger partial charge in [0.2, 0.25) is 0 Å². The number of hydrogen-bond donors (Lipinski definition) is 2. The Balaban J connectivity index is 4.65. The predicted molar refractivity (Wildman–Crippen MR) is 59.6 cm³/mol. The Morgan fingerprint density at radius 2 is 1.84 bits per heavy atom. The zero-order chi connectivity index (χ0) is 15.2. The molecule has 0 aliphatic heterocycles. The summed E-state index contributed by atoms with van der Waals surface area (Å²) >= 11 is 0. The number of halogens is 3. The van der Waals surface area contributed by atoms with Gasteiger partial charge in [0, 0.05) is 13.6 Å². The molecule has 0 saturated heterocycles. The van der Waals surface area contributed by atoms with Crippen LogP contribution in [0.1, 0.15) is 13.3 Å². The van der Waals surface area contributed by atoms with Crippen molar-refractivity contribution in [3.8, 4) is 0 Å². The average molecular weight is 286 g/mol. The minimum atomic E-state index is -4.67. The molecule has 0 rings (SSSR count). The van der Waals surface area contributed by atoms with E-state index < -0.39 is 37.4 Å². The topological polar surface area (TPSA) is 81.1 Å². The van der Waals surface area contributed by atoms with Crippen molar-refractivity contribution in [3.63, 3.8) is 0 Å². The van der Waals surface area contributed by atoms with Gasteiger partial charge in [-0.15, -0.1) is 0 Å². The minimum absolute atomic E-state index is 0.0322. The lowest BCUT2D eigenvalue weighted by Gasteiger charge is -2.28. The van der Waals surface area contributed by atoms with Gasteiger partial charge < -0.3 is 20.0 Å². The van der Waals surface area contributed by atoms with Gasteiger partial charge in [0.1, 0.15) is 13.1 Å². The highest BCUT2D eigenvalue weighted by atomic mass is 19.4. The third-order valence-electron chi connectivity index (χ3n) is 2.18. The maximum absolute atomic E-state index is 12.2. The number of amides is 2. The van der Waals surface area contributed by atoms with E-state index in [9.17, 15) is 22.8 Å². The van der Waals surface area contributed by atoms with Crippen LogP contribution in [0.4, 0.5) is 18.0 Å². The highest BCUT2D eigenvalue weighted by Crippen LogP contribution is 2.17. The van der Waals surface area contributed by atoms with Crippen LogP contribution in [0.25, 0.3) is 0 Å². The van der Waals surface area contributed by atoms with Gasteiger partial charge in [0.05, 0.1) is 6.10 Å². The van der Waals surface area contributed by atoms with Gasteiger partial charge in [-0.2, -0.15) is 13.2 Å². The second-order valence-electron chi connectivity index (χ2n) is 4.21. The Morgan fingerprint density at radius 1 is 1.32 bits per heavy atom. The van der Waals surface area contributed by atoms with Crippen LogP contribution in [0.3, 0.4) is 0 Å². The molecule has 9 heteroatoms. The number of urea groups is 1. The van der Waals surface area contributed by atoms with E-state index in [2.05, 4.69) is 0 Å². The molecule has 19 heavy (non-hydrogen) atoms. The monoisotopic (exact) mass is 286 g/mol. The molecule has 0 spiro atoms. The molecule has 0 aromatic heterocycles. The van der Waals surface area contributed by atoms with Gasteiger partial charge in [0.15, 0.2) is 0 Å². The van der Waals surface area contributed by atoms with E-state index in [0.29, 0.717) is 0 Å². The summed E-state index contributed by atoms with van der Waals surface area (Å²) in [6, 6.07) is -1.04. The van der Waals surface area contributed by atoms with Crippen LogP contribution in [0.2, 0.25) is 0 Å². The van der Waals surface area contributed by atoms with E-state index in [4.69, 9.17) is 10.2 Å². The molecule has 0 aliphatic rings. The van der Waals surface area contributed by atoms with Crippen LogP contribution in [0.5, 0.6) is 0 Å². The van der Waals surface area contributed by atoms with Crippen molar-refractivity contribution in [1.29, 1.82) is 0 Å². The van der Waals surface area contributed by atoms with Gasteiger partial charge in [0.25, 0.3) is 0 Å². The first-order valence-corrected chi connectivity index (χ1v) is 5.49. The van der Waals surface area contributed by atoms with Crippen molar-refractivity contribution in [2.75, 3.05) is 26.7 Å². The van der Waals surface area contributed by atoms with Crippen molar-refractivity contribution >= 4 is 12.0 Å². The highest BCUT2D eigenvalue weighted by molar-refractivity contribution is 5.80. The maximum atomic E-state index is 12.2. The Morgan fingerprint density at radius 3 is 2.21 bits per heavy atom. The number of aliphatic hydroxyl groups excluding tert-OH is 1. The summed E-state index contributed by atoms with van der Waals surface area (Å²) in [5, 5.41) is 17.5. The molecule has 0 heterocycles. The summed E-state index contributed by atoms with van der Waals surface area (Å²) < 4.78 is 36.7. The molecule has 1 atom stereocenters. The molecule has 0 aromatic carbocycles. The molecule has 1 unspecified atom stereocenters. The number of nitrogens with zero attached hydrogens (tertiary/aromatic N) is 2. The Kier molecular flexibility index (Phi) is 6.60. The van der Waals surface area contributed by atoms with Crippen LogP contribution in [0, 0.1) is 0 Å². The van der Waals surface area contributed by atoms with Gasteiger partial charge in [-0.05, 0) is 13.3 Å². The molecule has 2 amide bonds. The number of rotatable bonds is 6. The van der Waals surface area contributed by atoms with Gasteiger partial charge in [-0.3, -0.25) is 4.79 Å². The van der Waals surface area contributed by atoms with Crippen LogP contribution in [-0.2, 0) is 4.79 Å². The molecule has 112 valence electrons. The first-order chi connectivity index (χ1) is 8.53. The van der Waals surface area contributed by atoms with Crippen LogP contribution in [-0.4, -0.2) is 71.0 Å². The molecule has 0 radical (unpaired) electrons. The zero-order valence-corrected chi connectivity index (χ0v) is 10.6. The summed E-state index contributed by atoms with van der Waals surface area (Å²) in [4.78, 5) is 23.3. The van der Waals surface area contributed by atoms with E-state index in [1.807, 2.05) is 0 Å². The number of carboxylic acid groups (broad SMARTS) is 1. The number of carboxylic acids is 1. The standard InChI is InChI=1S/C10H17F3N2O4/c1-7(16)3-4-14(2)9(19)15(5-8(17)18)6-10(11,12)13/h7,16H,3-6H2,1-2H3,(H,17,18). The maximum Gasteiger partial charge on any atom is 0.406 e. The van der Waals surface area contributed by atoms with Crippen molar-refractivity contribution in [2.24, 2.45) is 0 Å². The Labute approximate surface area is 108 Å². The summed E-state index contributed by atoms with van der Waals surface area (Å²) in [7, 11) is 1.25. The van der Waals surface area contributed by atoms with Gasteiger partial charge in [-0.25, -0.2) is 4.79 Å². The first-order valence-electron chi connectivity index (χ1n) is 5.49. The van der Waals surface area contributed by atoms with Crippen molar-refractivity contribution < 1.29 is 33.0 Å². The Hall–Kier alpha value is -1.51. The van der Waals surface area contributed by atoms with Crippen LogP contribution >= 0.6 is 0 Å². The summed E-state index contributed by atoms with van der Waals surface area (Å²) in [5.41, 5.74) is 0. The number of carbonyl (C=O) groups excluding carboxylic acids is 1. The van der Waals surface area contributed by atoms with E-state index in [0.717, 1.165) is 4.90 Å². The highest BCUT2D eigenvalue weighted by Gasteiger charge is 2.35. The fraction of sp³-hybridized carbons (Fsp3) is 0.800. The number of hydrogen-bond acceptors (Lipinski definition) is 3. The lowest BCUT2D eigenvalue weighted by Crippen LogP contribution is -2.48. The lowest BCUT2D eigenvalue weighted by molar-refractivity contribution is -0.149. The first kappa shape index (κ1) is 17.5. The predicted octanol–water partition coefficient (Wildman–Crippen LogP) is 0.758. The number of aliphatic carboxylic acids is 1. The minimum Gasteiger partial charge on any atom is -0.480 e. The molecule has 0 fully saturated rings. The van der Waals surface area contributed by atoms with Crippen molar-refractivity contribution in [1.82, 2.24) is 9.80 Å². The molecule has 0 bridgehead atoms. The third kappa shape index (κ3) is 8.25. The fourth-order valence-corrected chi connectivity index (χ4v) is 1.29.